The zero-order chi connectivity index (χ0) is 8.72. The van der Waals surface area contributed by atoms with Crippen LogP contribution in [0.1, 0.15) is 0 Å². The van der Waals surface area contributed by atoms with Crippen molar-refractivity contribution in [3.05, 3.63) is 0 Å². The minimum absolute atomic E-state index is 0.198. The first-order chi connectivity index (χ1) is 5.66. The van der Waals surface area contributed by atoms with Gasteiger partial charge in [-0.2, -0.15) is 4.99 Å². The van der Waals surface area contributed by atoms with Gasteiger partial charge in [-0.3, -0.25) is 5.32 Å². The van der Waals surface area contributed by atoms with Gasteiger partial charge < -0.3 is 5.73 Å². The fourth-order valence-corrected chi connectivity index (χ4v) is 1.51. The Morgan fingerprint density at radius 1 is 1.50 bits per heavy atom. The van der Waals surface area contributed by atoms with Gasteiger partial charge in [-0.05, 0) is 0 Å². The molecule has 1 unspecified atom stereocenters. The highest BCUT2D eigenvalue weighted by molar-refractivity contribution is 14.1. The Kier molecular flexibility index (Phi) is 1.60. The van der Waals surface area contributed by atoms with Crippen molar-refractivity contribution in [3.8, 4) is 0 Å². The molecular formula is C5H4IN5O. The molecule has 0 spiro atoms. The molecule has 0 saturated carbocycles. The molecule has 2 amide bonds. The second-order valence-corrected chi connectivity index (χ2v) is 3.23. The Labute approximate surface area is 81.2 Å². The van der Waals surface area contributed by atoms with Crippen molar-refractivity contribution < 1.29 is 4.79 Å². The third kappa shape index (κ3) is 1.09. The van der Waals surface area contributed by atoms with Crippen molar-refractivity contribution in [2.75, 3.05) is 0 Å². The molecule has 0 aromatic rings. The molecule has 2 aliphatic rings. The lowest BCUT2D eigenvalue weighted by atomic mass is 10.2. The quantitative estimate of drug-likeness (QED) is 0.467. The Bertz CT molecular complexity index is 344. The number of amides is 2. The highest BCUT2D eigenvalue weighted by Crippen LogP contribution is 2.11. The number of carbonyl (C=O) groups excluding carboxylic acids is 1. The Hall–Kier alpha value is -0.990. The molecule has 3 N–H and O–H groups in total. The van der Waals surface area contributed by atoms with E-state index in [1.165, 1.54) is 0 Å². The summed E-state index contributed by atoms with van der Waals surface area (Å²) in [4.78, 5) is 22.3. The van der Waals surface area contributed by atoms with E-state index in [9.17, 15) is 4.79 Å². The number of urea groups is 1. The molecule has 0 aromatic heterocycles. The van der Waals surface area contributed by atoms with E-state index in [0.717, 1.165) is 0 Å². The minimum atomic E-state index is -0.483. The molecule has 12 heavy (non-hydrogen) atoms. The van der Waals surface area contributed by atoms with Gasteiger partial charge in [0.1, 0.15) is 11.7 Å². The van der Waals surface area contributed by atoms with Gasteiger partial charge in [-0.15, -0.1) is 0 Å². The van der Waals surface area contributed by atoms with Gasteiger partial charge in [0, 0.05) is 22.6 Å². The summed E-state index contributed by atoms with van der Waals surface area (Å²) in [5, 5.41) is 2.46. The Morgan fingerprint density at radius 2 is 2.25 bits per heavy atom. The first kappa shape index (κ1) is 7.65. The van der Waals surface area contributed by atoms with Gasteiger partial charge >= 0.3 is 6.03 Å². The molecule has 2 rings (SSSR count). The van der Waals surface area contributed by atoms with Crippen molar-refractivity contribution in [2.24, 2.45) is 20.7 Å². The highest BCUT2D eigenvalue weighted by Gasteiger charge is 2.30. The van der Waals surface area contributed by atoms with Crippen LogP contribution in [-0.2, 0) is 0 Å². The predicted molar refractivity (Wildman–Crippen MR) is 52.8 cm³/mol. The van der Waals surface area contributed by atoms with Crippen molar-refractivity contribution in [2.45, 2.75) is 6.04 Å². The summed E-state index contributed by atoms with van der Waals surface area (Å²) >= 11 is 1.95. The van der Waals surface area contributed by atoms with E-state index in [1.54, 1.807) is 0 Å². The summed E-state index contributed by atoms with van der Waals surface area (Å²) < 4.78 is 0.577. The van der Waals surface area contributed by atoms with Crippen LogP contribution in [-0.4, -0.2) is 27.6 Å². The largest absolute Gasteiger partial charge is 0.385 e. The third-order valence-corrected chi connectivity index (χ3v) is 1.97. The van der Waals surface area contributed by atoms with E-state index < -0.39 is 6.03 Å². The van der Waals surface area contributed by atoms with Gasteiger partial charge in [0.05, 0.1) is 0 Å². The van der Waals surface area contributed by atoms with E-state index in [-0.39, 0.29) is 11.9 Å². The zero-order valence-corrected chi connectivity index (χ0v) is 7.94. The van der Waals surface area contributed by atoms with E-state index in [0.29, 0.717) is 9.68 Å². The third-order valence-electron chi connectivity index (χ3n) is 1.45. The van der Waals surface area contributed by atoms with E-state index in [4.69, 9.17) is 5.73 Å². The normalized spacial score (nSPS) is 26.9. The first-order valence-electron chi connectivity index (χ1n) is 3.14. The molecule has 0 radical (unpaired) electrons. The number of nitrogens with two attached hydrogens (primary N) is 1. The summed E-state index contributed by atoms with van der Waals surface area (Å²) in [5.41, 5.74) is 5.47. The molecule has 0 saturated heterocycles. The van der Waals surface area contributed by atoms with Crippen LogP contribution in [0.5, 0.6) is 0 Å². The first-order valence-corrected chi connectivity index (χ1v) is 4.21. The monoisotopic (exact) mass is 277 g/mol. The van der Waals surface area contributed by atoms with Crippen molar-refractivity contribution in [1.82, 2.24) is 5.32 Å². The van der Waals surface area contributed by atoms with Crippen LogP contribution in [0, 0.1) is 0 Å². The lowest BCUT2D eigenvalue weighted by Gasteiger charge is -2.14. The van der Waals surface area contributed by atoms with Crippen LogP contribution in [0.4, 0.5) is 4.79 Å². The number of nitrogens with one attached hydrogen (secondary N) is 1. The fraction of sp³-hybridized carbons (Fsp3) is 0.200. The molecule has 0 aliphatic carbocycles. The molecule has 0 aromatic carbocycles. The second-order valence-electron chi connectivity index (χ2n) is 2.26. The molecule has 0 bridgehead atoms. The number of hydrogen-bond acceptors (Lipinski definition) is 4. The number of carbonyl (C=O) groups is 1. The maximum atomic E-state index is 10.8. The molecule has 62 valence electrons. The van der Waals surface area contributed by atoms with Crippen LogP contribution >= 0.6 is 22.6 Å². The predicted octanol–water partition coefficient (Wildman–Crippen LogP) is -0.362. The van der Waals surface area contributed by atoms with Crippen molar-refractivity contribution >= 4 is 44.1 Å². The molecule has 1 atom stereocenters. The highest BCUT2D eigenvalue weighted by atomic mass is 127. The molecule has 0 fully saturated rings. The van der Waals surface area contributed by atoms with Crippen LogP contribution < -0.4 is 11.1 Å². The lowest BCUT2D eigenvalue weighted by molar-refractivity contribution is 0.252. The Morgan fingerprint density at radius 3 is 3.00 bits per heavy atom. The van der Waals surface area contributed by atoms with Crippen LogP contribution in [0.25, 0.3) is 0 Å². The van der Waals surface area contributed by atoms with Crippen LogP contribution in [0.15, 0.2) is 15.0 Å². The fourth-order valence-electron chi connectivity index (χ4n) is 0.976. The summed E-state index contributed by atoms with van der Waals surface area (Å²) in [6.07, 6.45) is 0. The van der Waals surface area contributed by atoms with Gasteiger partial charge in [0.15, 0.2) is 9.88 Å². The van der Waals surface area contributed by atoms with Gasteiger partial charge in [-0.25, -0.2) is 14.8 Å². The number of halogens is 1. The summed E-state index contributed by atoms with van der Waals surface area (Å²) in [7, 11) is 0. The average molecular weight is 277 g/mol. The number of hydrogen-bond donors (Lipinski definition) is 2. The zero-order valence-electron chi connectivity index (χ0n) is 5.78. The van der Waals surface area contributed by atoms with Gasteiger partial charge in [-0.1, -0.05) is 0 Å². The van der Waals surface area contributed by atoms with Gasteiger partial charge in [0.2, 0.25) is 0 Å². The molecule has 2 aliphatic heterocycles. The summed E-state index contributed by atoms with van der Waals surface area (Å²) in [6.45, 7) is 0. The average Bonchev–Trinajstić information content (AvgIpc) is 2.29. The molecule has 6 nitrogen and oxygen atoms in total. The van der Waals surface area contributed by atoms with Crippen LogP contribution in [0.3, 0.4) is 0 Å². The number of aliphatic imine (C=N–C) groups is 3. The minimum Gasteiger partial charge on any atom is -0.385 e. The maximum Gasteiger partial charge on any atom is 0.348 e. The second kappa shape index (κ2) is 2.51. The Balaban J connectivity index is 2.42. The van der Waals surface area contributed by atoms with Crippen molar-refractivity contribution in [1.29, 1.82) is 0 Å². The van der Waals surface area contributed by atoms with E-state index in [2.05, 4.69) is 20.3 Å². The molecule has 7 heteroatoms. The van der Waals surface area contributed by atoms with E-state index in [1.807, 2.05) is 22.6 Å². The summed E-state index contributed by atoms with van der Waals surface area (Å²) in [5.74, 6) is 0.668. The summed E-state index contributed by atoms with van der Waals surface area (Å²) in [6, 6.07) is -0.863. The smallest absolute Gasteiger partial charge is 0.348 e. The number of nitrogens with zero attached hydrogens (tertiary/aromatic N) is 3. The topological polar surface area (TPSA) is 92.2 Å². The molecular weight excluding hydrogens is 273 g/mol. The lowest BCUT2D eigenvalue weighted by Crippen LogP contribution is -2.47. The number of rotatable bonds is 0. The maximum absolute atomic E-state index is 10.8. The molecule has 2 heterocycles. The standard InChI is InChI=1S/C5H4IN5O/c6-4-8-1-2(7)9-5(12)11-3(1)10-4/h1H,(H3,7,8,9,10,11,12). The van der Waals surface area contributed by atoms with Gasteiger partial charge in [0.25, 0.3) is 0 Å². The number of amidine groups is 3. The van der Waals surface area contributed by atoms with Crippen LogP contribution in [0.2, 0.25) is 0 Å². The number of fused-ring (bicyclic) bond motifs is 1. The van der Waals surface area contributed by atoms with E-state index >= 15 is 0 Å². The van der Waals surface area contributed by atoms with Crippen molar-refractivity contribution in [3.63, 3.8) is 0 Å². The SMILES string of the molecule is NC1=NC(=O)NC2=NC(I)=NC12.